The molecular weight excluding hydrogens is 336 g/mol. The van der Waals surface area contributed by atoms with E-state index in [0.717, 1.165) is 11.1 Å². The van der Waals surface area contributed by atoms with E-state index >= 15 is 0 Å². The van der Waals surface area contributed by atoms with E-state index in [1.165, 1.54) is 6.92 Å². The summed E-state index contributed by atoms with van der Waals surface area (Å²) in [5, 5.41) is 13.4. The Morgan fingerprint density at radius 3 is 2.12 bits per heavy atom. The zero-order chi connectivity index (χ0) is 18.9. The lowest BCUT2D eigenvalue weighted by Crippen LogP contribution is -2.48. The Balaban J connectivity index is 2.03. The molecule has 0 heterocycles. The summed E-state index contributed by atoms with van der Waals surface area (Å²) in [6.07, 6.45) is -0.642. The summed E-state index contributed by atoms with van der Waals surface area (Å²) in [5.74, 6) is -0.671. The van der Waals surface area contributed by atoms with E-state index in [1.54, 1.807) is 36.4 Å². The van der Waals surface area contributed by atoms with Crippen molar-refractivity contribution in [3.05, 3.63) is 81.9 Å². The molecule has 0 aliphatic carbocycles. The highest BCUT2D eigenvalue weighted by molar-refractivity contribution is 5.90. The number of Topliss-reactive ketones (excluding diaryl/α,β-unsaturated/α-hetero) is 1. The number of ether oxygens (including phenoxy) is 1. The van der Waals surface area contributed by atoms with Gasteiger partial charge < -0.3 is 10.1 Å². The maximum absolute atomic E-state index is 12.4. The van der Waals surface area contributed by atoms with E-state index < -0.39 is 28.9 Å². The second-order valence-electron chi connectivity index (χ2n) is 5.81. The summed E-state index contributed by atoms with van der Waals surface area (Å²) in [6, 6.07) is 15.6. The molecule has 0 bridgehead atoms. The van der Waals surface area contributed by atoms with Gasteiger partial charge in [-0.2, -0.15) is 0 Å². The van der Waals surface area contributed by atoms with Crippen LogP contribution in [0, 0.1) is 10.1 Å². The molecular formula is C19H20N2O5. The zero-order valence-electron chi connectivity index (χ0n) is 14.3. The van der Waals surface area contributed by atoms with Crippen molar-refractivity contribution in [2.24, 2.45) is 0 Å². The van der Waals surface area contributed by atoms with Gasteiger partial charge in [0.1, 0.15) is 12.6 Å². The third-order valence-corrected chi connectivity index (χ3v) is 3.86. The third kappa shape index (κ3) is 5.70. The molecule has 0 saturated carbocycles. The molecule has 0 spiro atoms. The van der Waals surface area contributed by atoms with Gasteiger partial charge in [-0.1, -0.05) is 60.7 Å². The number of carbonyl (C=O) groups is 2. The molecule has 0 aromatic heterocycles. The van der Waals surface area contributed by atoms with Crippen molar-refractivity contribution in [1.29, 1.82) is 0 Å². The number of benzene rings is 2. The predicted octanol–water partition coefficient (Wildman–Crippen LogP) is 2.76. The lowest BCUT2D eigenvalue weighted by atomic mass is 9.99. The van der Waals surface area contributed by atoms with Gasteiger partial charge in [0.05, 0.1) is 0 Å². The number of hydrogen-bond donors (Lipinski definition) is 1. The number of ketones is 1. The summed E-state index contributed by atoms with van der Waals surface area (Å²) in [5.41, 5.74) is 1.58. The second-order valence-corrected chi connectivity index (χ2v) is 5.81. The van der Waals surface area contributed by atoms with Crippen LogP contribution in [0.3, 0.4) is 0 Å². The Bertz CT molecular complexity index is 749. The lowest BCUT2D eigenvalue weighted by Gasteiger charge is -2.18. The molecule has 2 aromatic rings. The maximum Gasteiger partial charge on any atom is 0.408 e. The number of nitrogens with zero attached hydrogens (tertiary/aromatic N) is 1. The van der Waals surface area contributed by atoms with Gasteiger partial charge in [-0.3, -0.25) is 14.9 Å². The minimum atomic E-state index is -1.42. The number of amides is 1. The van der Waals surface area contributed by atoms with Crippen LogP contribution in [0.4, 0.5) is 4.79 Å². The second kappa shape index (κ2) is 9.31. The van der Waals surface area contributed by atoms with E-state index in [-0.39, 0.29) is 13.0 Å². The molecule has 2 unspecified atom stereocenters. The van der Waals surface area contributed by atoms with Gasteiger partial charge in [0.15, 0.2) is 0 Å². The minimum Gasteiger partial charge on any atom is -0.445 e. The Morgan fingerprint density at radius 2 is 1.58 bits per heavy atom. The number of rotatable bonds is 8. The van der Waals surface area contributed by atoms with Crippen molar-refractivity contribution >= 4 is 11.9 Å². The summed E-state index contributed by atoms with van der Waals surface area (Å²) >= 11 is 0. The fourth-order valence-electron chi connectivity index (χ4n) is 2.37. The highest BCUT2D eigenvalue weighted by Crippen LogP contribution is 2.08. The topological polar surface area (TPSA) is 98.5 Å². The molecule has 0 fully saturated rings. The van der Waals surface area contributed by atoms with Gasteiger partial charge >= 0.3 is 6.09 Å². The normalized spacial score (nSPS) is 12.7. The first-order valence-electron chi connectivity index (χ1n) is 8.15. The number of hydrogen-bond acceptors (Lipinski definition) is 5. The average Bonchev–Trinajstić information content (AvgIpc) is 2.66. The number of alkyl carbamates (subject to hydrolysis) is 1. The highest BCUT2D eigenvalue weighted by Gasteiger charge is 2.32. The molecule has 26 heavy (non-hydrogen) atoms. The van der Waals surface area contributed by atoms with Gasteiger partial charge in [0.2, 0.25) is 5.78 Å². The van der Waals surface area contributed by atoms with Crippen LogP contribution in [-0.4, -0.2) is 28.9 Å². The first kappa shape index (κ1) is 19.1. The van der Waals surface area contributed by atoms with E-state index in [1.807, 2.05) is 24.3 Å². The summed E-state index contributed by atoms with van der Waals surface area (Å²) < 4.78 is 5.11. The number of nitrogens with one attached hydrogen (secondary N) is 1. The van der Waals surface area contributed by atoms with Gasteiger partial charge in [-0.25, -0.2) is 4.79 Å². The average molecular weight is 356 g/mol. The third-order valence-electron chi connectivity index (χ3n) is 3.86. The van der Waals surface area contributed by atoms with Crippen LogP contribution in [0.15, 0.2) is 60.7 Å². The quantitative estimate of drug-likeness (QED) is 0.579. The molecule has 2 aromatic carbocycles. The van der Waals surface area contributed by atoms with Crippen molar-refractivity contribution in [3.8, 4) is 0 Å². The van der Waals surface area contributed by atoms with Gasteiger partial charge in [-0.05, 0) is 11.1 Å². The SMILES string of the molecule is CC(C(=O)C(Cc1ccccc1)NC(=O)OCc1ccccc1)[N+](=O)[O-]. The van der Waals surface area contributed by atoms with E-state index in [2.05, 4.69) is 5.32 Å². The van der Waals surface area contributed by atoms with Crippen LogP contribution in [-0.2, 0) is 22.6 Å². The van der Waals surface area contributed by atoms with Crippen LogP contribution in [0.1, 0.15) is 18.1 Å². The molecule has 0 radical (unpaired) electrons. The summed E-state index contributed by atoms with van der Waals surface area (Å²) in [4.78, 5) is 34.7. The van der Waals surface area contributed by atoms with Crippen molar-refractivity contribution in [2.75, 3.05) is 0 Å². The zero-order valence-corrected chi connectivity index (χ0v) is 14.3. The van der Waals surface area contributed by atoms with Crippen LogP contribution in [0.5, 0.6) is 0 Å². The Morgan fingerprint density at radius 1 is 1.04 bits per heavy atom. The fraction of sp³-hybridized carbons (Fsp3) is 0.263. The molecule has 1 amide bonds. The van der Waals surface area contributed by atoms with Crippen LogP contribution < -0.4 is 5.32 Å². The van der Waals surface area contributed by atoms with E-state index in [4.69, 9.17) is 4.74 Å². The monoisotopic (exact) mass is 356 g/mol. The first-order chi connectivity index (χ1) is 12.5. The molecule has 0 saturated heterocycles. The van der Waals surface area contributed by atoms with Crippen molar-refractivity contribution < 1.29 is 19.2 Å². The van der Waals surface area contributed by atoms with Crippen molar-refractivity contribution in [2.45, 2.75) is 32.0 Å². The highest BCUT2D eigenvalue weighted by atomic mass is 16.6. The Hall–Kier alpha value is -3.22. The molecule has 2 rings (SSSR count). The van der Waals surface area contributed by atoms with Gasteiger partial charge in [-0.15, -0.1) is 0 Å². The molecule has 7 heteroatoms. The fourth-order valence-corrected chi connectivity index (χ4v) is 2.37. The van der Waals surface area contributed by atoms with Crippen LogP contribution in [0.25, 0.3) is 0 Å². The Labute approximate surface area is 151 Å². The van der Waals surface area contributed by atoms with E-state index in [9.17, 15) is 19.7 Å². The number of carbonyl (C=O) groups excluding carboxylic acids is 2. The summed E-state index contributed by atoms with van der Waals surface area (Å²) in [7, 11) is 0. The minimum absolute atomic E-state index is 0.0453. The van der Waals surface area contributed by atoms with E-state index in [0.29, 0.717) is 0 Å². The molecule has 1 N–H and O–H groups in total. The maximum atomic E-state index is 12.4. The Kier molecular flexibility index (Phi) is 6.84. The molecule has 0 aliphatic rings. The van der Waals surface area contributed by atoms with Gasteiger partial charge in [0.25, 0.3) is 6.04 Å². The van der Waals surface area contributed by atoms with Crippen molar-refractivity contribution in [1.82, 2.24) is 5.32 Å². The van der Waals surface area contributed by atoms with Gasteiger partial charge in [0, 0.05) is 18.3 Å². The van der Waals surface area contributed by atoms with Crippen molar-refractivity contribution in [3.63, 3.8) is 0 Å². The molecule has 2 atom stereocenters. The molecule has 7 nitrogen and oxygen atoms in total. The smallest absolute Gasteiger partial charge is 0.408 e. The summed E-state index contributed by atoms with van der Waals surface area (Å²) in [6.45, 7) is 1.25. The lowest BCUT2D eigenvalue weighted by molar-refractivity contribution is -0.503. The van der Waals surface area contributed by atoms with Crippen LogP contribution >= 0.6 is 0 Å². The predicted molar refractivity (Wildman–Crippen MR) is 95.2 cm³/mol. The standard InChI is InChI=1S/C19H20N2O5/c1-14(21(24)25)18(22)17(12-15-8-4-2-5-9-15)20-19(23)26-13-16-10-6-3-7-11-16/h2-11,14,17H,12-13H2,1H3,(H,20,23). The largest absolute Gasteiger partial charge is 0.445 e. The number of nitro groups is 1. The molecule has 0 aliphatic heterocycles. The molecule has 136 valence electrons. The first-order valence-corrected chi connectivity index (χ1v) is 8.15. The van der Waals surface area contributed by atoms with Crippen LogP contribution in [0.2, 0.25) is 0 Å².